The van der Waals surface area contributed by atoms with Crippen molar-refractivity contribution in [3.8, 4) is 0 Å². The van der Waals surface area contributed by atoms with E-state index in [9.17, 15) is 24.1 Å². The number of hydrogen-bond acceptors (Lipinski definition) is 4. The summed E-state index contributed by atoms with van der Waals surface area (Å²) in [4.78, 5) is 38.3. The van der Waals surface area contributed by atoms with Gasteiger partial charge in [-0.25, -0.2) is 9.18 Å². The lowest BCUT2D eigenvalue weighted by atomic mass is 10.1. The third-order valence-electron chi connectivity index (χ3n) is 4.58. The second kappa shape index (κ2) is 8.03. The van der Waals surface area contributed by atoms with Gasteiger partial charge in [-0.05, 0) is 30.7 Å². The van der Waals surface area contributed by atoms with E-state index < -0.39 is 16.8 Å². The minimum absolute atomic E-state index is 0.112. The van der Waals surface area contributed by atoms with Crippen LogP contribution in [0.15, 0.2) is 42.5 Å². The van der Waals surface area contributed by atoms with E-state index in [4.69, 9.17) is 0 Å². The average molecular weight is 386 g/mol. The number of nitro benzene ring substituents is 1. The second-order valence-corrected chi connectivity index (χ2v) is 6.48. The van der Waals surface area contributed by atoms with Gasteiger partial charge in [0.25, 0.3) is 11.6 Å². The highest BCUT2D eigenvalue weighted by Crippen LogP contribution is 2.18. The number of piperazine rings is 1. The van der Waals surface area contributed by atoms with Crippen molar-refractivity contribution in [3.05, 3.63) is 69.5 Å². The Morgan fingerprint density at radius 1 is 1.07 bits per heavy atom. The summed E-state index contributed by atoms with van der Waals surface area (Å²) in [6, 6.07) is 9.65. The molecule has 146 valence electrons. The van der Waals surface area contributed by atoms with Crippen LogP contribution in [0.1, 0.15) is 15.9 Å². The number of hydrogen-bond donors (Lipinski definition) is 1. The van der Waals surface area contributed by atoms with Crippen molar-refractivity contribution in [2.24, 2.45) is 0 Å². The molecule has 0 spiro atoms. The van der Waals surface area contributed by atoms with Crippen LogP contribution < -0.4 is 5.32 Å². The molecule has 0 radical (unpaired) electrons. The summed E-state index contributed by atoms with van der Waals surface area (Å²) in [7, 11) is 0. The summed E-state index contributed by atoms with van der Waals surface area (Å²) < 4.78 is 13.7. The molecule has 2 aromatic rings. The van der Waals surface area contributed by atoms with Gasteiger partial charge in [-0.1, -0.05) is 12.1 Å². The molecule has 1 saturated heterocycles. The van der Waals surface area contributed by atoms with Gasteiger partial charge in [0.15, 0.2) is 0 Å². The largest absolute Gasteiger partial charge is 0.335 e. The third kappa shape index (κ3) is 4.25. The first-order valence-electron chi connectivity index (χ1n) is 8.71. The normalized spacial score (nSPS) is 13.9. The molecular formula is C19H19FN4O4. The van der Waals surface area contributed by atoms with E-state index in [-0.39, 0.29) is 17.2 Å². The SMILES string of the molecule is Cc1ccc(C(=O)N2CCN(C(=O)Nc3cccc([N+](=O)[O-])c3)CC2)cc1F. The number of benzene rings is 2. The summed E-state index contributed by atoms with van der Waals surface area (Å²) >= 11 is 0. The standard InChI is InChI=1S/C19H19FN4O4/c1-13-5-6-14(11-17(13)20)18(25)22-7-9-23(10-8-22)19(26)21-15-3-2-4-16(12-15)24(27)28/h2-6,11-12H,7-10H2,1H3,(H,21,26). The number of non-ortho nitro benzene ring substituents is 1. The van der Waals surface area contributed by atoms with Gasteiger partial charge in [0.2, 0.25) is 0 Å². The Kier molecular flexibility index (Phi) is 5.53. The Labute approximate surface area is 160 Å². The molecule has 0 aromatic heterocycles. The number of amides is 3. The third-order valence-corrected chi connectivity index (χ3v) is 4.58. The number of carbonyl (C=O) groups is 2. The van der Waals surface area contributed by atoms with Crippen LogP contribution in [0, 0.1) is 22.9 Å². The molecule has 1 heterocycles. The number of nitrogens with one attached hydrogen (secondary N) is 1. The van der Waals surface area contributed by atoms with E-state index in [0.717, 1.165) is 0 Å². The lowest BCUT2D eigenvalue weighted by Gasteiger charge is -2.34. The maximum Gasteiger partial charge on any atom is 0.321 e. The Balaban J connectivity index is 1.58. The molecule has 1 aliphatic heterocycles. The number of carbonyl (C=O) groups excluding carboxylic acids is 2. The molecule has 0 saturated carbocycles. The van der Waals surface area contributed by atoms with Crippen molar-refractivity contribution in [1.82, 2.24) is 9.80 Å². The molecule has 0 aliphatic carbocycles. The lowest BCUT2D eigenvalue weighted by molar-refractivity contribution is -0.384. The molecule has 0 atom stereocenters. The Morgan fingerprint density at radius 3 is 2.39 bits per heavy atom. The van der Waals surface area contributed by atoms with Crippen LogP contribution in [-0.2, 0) is 0 Å². The first-order chi connectivity index (χ1) is 13.3. The van der Waals surface area contributed by atoms with Crippen molar-refractivity contribution in [3.63, 3.8) is 0 Å². The fourth-order valence-electron chi connectivity index (χ4n) is 2.92. The van der Waals surface area contributed by atoms with E-state index in [1.807, 2.05) is 0 Å². The molecule has 28 heavy (non-hydrogen) atoms. The molecule has 3 amide bonds. The van der Waals surface area contributed by atoms with Crippen molar-refractivity contribution in [2.75, 3.05) is 31.5 Å². The highest BCUT2D eigenvalue weighted by atomic mass is 19.1. The fourth-order valence-corrected chi connectivity index (χ4v) is 2.92. The van der Waals surface area contributed by atoms with E-state index >= 15 is 0 Å². The zero-order valence-electron chi connectivity index (χ0n) is 15.2. The predicted octanol–water partition coefficient (Wildman–Crippen LogP) is 3.03. The summed E-state index contributed by atoms with van der Waals surface area (Å²) in [6.45, 7) is 2.87. The molecule has 1 aliphatic rings. The van der Waals surface area contributed by atoms with E-state index in [1.165, 1.54) is 29.2 Å². The minimum atomic E-state index is -0.534. The van der Waals surface area contributed by atoms with Crippen molar-refractivity contribution in [2.45, 2.75) is 6.92 Å². The summed E-state index contributed by atoms with van der Waals surface area (Å²) in [5.74, 6) is -0.710. The summed E-state index contributed by atoms with van der Waals surface area (Å²) in [5.41, 5.74) is 0.961. The van der Waals surface area contributed by atoms with Gasteiger partial charge in [-0.2, -0.15) is 0 Å². The Hall–Kier alpha value is -3.49. The predicted molar refractivity (Wildman–Crippen MR) is 101 cm³/mol. The highest BCUT2D eigenvalue weighted by Gasteiger charge is 2.25. The van der Waals surface area contributed by atoms with Gasteiger partial charge < -0.3 is 15.1 Å². The minimum Gasteiger partial charge on any atom is -0.335 e. The van der Waals surface area contributed by atoms with Gasteiger partial charge in [-0.3, -0.25) is 14.9 Å². The number of aryl methyl sites for hydroxylation is 1. The quantitative estimate of drug-likeness (QED) is 0.648. The molecule has 3 rings (SSSR count). The molecule has 0 bridgehead atoms. The van der Waals surface area contributed by atoms with Crippen LogP contribution in [-0.4, -0.2) is 52.8 Å². The molecule has 1 N–H and O–H groups in total. The van der Waals surface area contributed by atoms with Crippen molar-refractivity contribution >= 4 is 23.3 Å². The number of anilines is 1. The van der Waals surface area contributed by atoms with Gasteiger partial charge in [0.1, 0.15) is 5.82 Å². The first kappa shape index (κ1) is 19.3. The van der Waals surface area contributed by atoms with Gasteiger partial charge in [-0.15, -0.1) is 0 Å². The summed E-state index contributed by atoms with van der Waals surface area (Å²) in [6.07, 6.45) is 0. The van der Waals surface area contributed by atoms with Crippen LogP contribution in [0.25, 0.3) is 0 Å². The zero-order chi connectivity index (χ0) is 20.3. The maximum atomic E-state index is 13.7. The van der Waals surface area contributed by atoms with Crippen LogP contribution in [0.3, 0.4) is 0 Å². The maximum absolute atomic E-state index is 13.7. The van der Waals surface area contributed by atoms with Gasteiger partial charge >= 0.3 is 6.03 Å². The fraction of sp³-hybridized carbons (Fsp3) is 0.263. The Bertz CT molecular complexity index is 926. The number of urea groups is 1. The topological polar surface area (TPSA) is 95.8 Å². The number of rotatable bonds is 3. The molecule has 8 nitrogen and oxygen atoms in total. The van der Waals surface area contributed by atoms with Crippen molar-refractivity contribution in [1.29, 1.82) is 0 Å². The molecular weight excluding hydrogens is 367 g/mol. The zero-order valence-corrected chi connectivity index (χ0v) is 15.2. The Morgan fingerprint density at radius 2 is 1.75 bits per heavy atom. The molecule has 1 fully saturated rings. The van der Waals surface area contributed by atoms with Crippen LogP contribution in [0.4, 0.5) is 20.6 Å². The molecule has 0 unspecified atom stereocenters. The smallest absolute Gasteiger partial charge is 0.321 e. The van der Waals surface area contributed by atoms with Crippen molar-refractivity contribution < 1.29 is 18.9 Å². The van der Waals surface area contributed by atoms with Gasteiger partial charge in [0, 0.05) is 49.6 Å². The average Bonchev–Trinajstić information content (AvgIpc) is 2.70. The lowest BCUT2D eigenvalue weighted by Crippen LogP contribution is -2.51. The summed E-state index contributed by atoms with van der Waals surface area (Å²) in [5, 5.41) is 13.4. The van der Waals surface area contributed by atoms with Crippen LogP contribution in [0.2, 0.25) is 0 Å². The first-order valence-corrected chi connectivity index (χ1v) is 8.71. The van der Waals surface area contributed by atoms with E-state index in [0.29, 0.717) is 37.4 Å². The van der Waals surface area contributed by atoms with E-state index in [1.54, 1.807) is 30.0 Å². The van der Waals surface area contributed by atoms with E-state index in [2.05, 4.69) is 5.32 Å². The van der Waals surface area contributed by atoms with Crippen LogP contribution in [0.5, 0.6) is 0 Å². The number of nitrogens with zero attached hydrogens (tertiary/aromatic N) is 3. The molecule has 2 aromatic carbocycles. The number of nitro groups is 1. The highest BCUT2D eigenvalue weighted by molar-refractivity contribution is 5.95. The molecule has 9 heteroatoms. The monoisotopic (exact) mass is 386 g/mol. The van der Waals surface area contributed by atoms with Crippen LogP contribution >= 0.6 is 0 Å². The number of halogens is 1. The second-order valence-electron chi connectivity index (χ2n) is 6.48. The van der Waals surface area contributed by atoms with Gasteiger partial charge in [0.05, 0.1) is 4.92 Å².